The number of nitrogens with two attached hydrogens (primary N) is 1. The molecule has 2 rings (SSSR count). The average molecular weight is 365 g/mol. The summed E-state index contributed by atoms with van der Waals surface area (Å²) in [6, 6.07) is 15.5. The SMILES string of the molecule is N[CH]CCCC[N]C(OCc1ccc(Cl)c(Cl)c1)c1ccccc1. The van der Waals surface area contributed by atoms with Crippen LogP contribution in [0.2, 0.25) is 10.0 Å². The molecule has 2 radical (unpaired) electrons. The first-order chi connectivity index (χ1) is 11.7. The number of nitrogens with zero attached hydrogens (tertiary/aromatic N) is 1. The molecule has 0 saturated heterocycles. The van der Waals surface area contributed by atoms with Crippen LogP contribution in [0, 0.1) is 6.54 Å². The highest BCUT2D eigenvalue weighted by Gasteiger charge is 2.13. The summed E-state index contributed by atoms with van der Waals surface area (Å²) in [5.41, 5.74) is 7.41. The number of benzene rings is 2. The second-order valence-corrected chi connectivity index (χ2v) is 6.27. The fourth-order valence-electron chi connectivity index (χ4n) is 2.26. The standard InChI is InChI=1S/C19H22Cl2N2O/c20-17-10-9-15(13-18(17)21)14-24-19(16-7-3-1-4-8-16)23-12-6-2-5-11-22/h1,3-4,7-11,13,19H,2,5-6,12,14,22H2. The number of ether oxygens (including phenoxy) is 1. The summed E-state index contributed by atoms with van der Waals surface area (Å²) in [4.78, 5) is 0. The zero-order valence-electron chi connectivity index (χ0n) is 13.5. The molecule has 0 bridgehead atoms. The van der Waals surface area contributed by atoms with Gasteiger partial charge in [0.2, 0.25) is 0 Å². The van der Waals surface area contributed by atoms with Crippen LogP contribution in [0.5, 0.6) is 0 Å². The Morgan fingerprint density at radius 1 is 1.04 bits per heavy atom. The summed E-state index contributed by atoms with van der Waals surface area (Å²) in [5.74, 6) is 0. The van der Waals surface area contributed by atoms with Crippen molar-refractivity contribution in [3.8, 4) is 0 Å². The third-order valence-electron chi connectivity index (χ3n) is 3.55. The minimum atomic E-state index is -0.289. The van der Waals surface area contributed by atoms with Crippen LogP contribution in [0.3, 0.4) is 0 Å². The van der Waals surface area contributed by atoms with Gasteiger partial charge in [-0.05, 0) is 36.1 Å². The molecule has 1 atom stereocenters. The largest absolute Gasteiger partial charge is 0.353 e. The second-order valence-electron chi connectivity index (χ2n) is 5.46. The van der Waals surface area contributed by atoms with Gasteiger partial charge in [0.25, 0.3) is 0 Å². The summed E-state index contributed by atoms with van der Waals surface area (Å²) in [7, 11) is 0. The summed E-state index contributed by atoms with van der Waals surface area (Å²) in [5, 5.41) is 5.76. The predicted octanol–water partition coefficient (Wildman–Crippen LogP) is 5.10. The van der Waals surface area contributed by atoms with E-state index in [0.29, 0.717) is 16.7 Å². The van der Waals surface area contributed by atoms with Gasteiger partial charge in [0, 0.05) is 13.1 Å². The highest BCUT2D eigenvalue weighted by molar-refractivity contribution is 6.42. The molecule has 0 aliphatic carbocycles. The van der Waals surface area contributed by atoms with Crippen molar-refractivity contribution in [3.63, 3.8) is 0 Å². The molecule has 0 heterocycles. The lowest BCUT2D eigenvalue weighted by atomic mass is 10.2. The molecule has 2 aromatic carbocycles. The maximum Gasteiger partial charge on any atom is 0.149 e. The minimum absolute atomic E-state index is 0.289. The monoisotopic (exact) mass is 364 g/mol. The molecule has 24 heavy (non-hydrogen) atoms. The van der Waals surface area contributed by atoms with Gasteiger partial charge in [0.1, 0.15) is 6.23 Å². The van der Waals surface area contributed by atoms with Crippen LogP contribution in [-0.4, -0.2) is 6.54 Å². The Hall–Kier alpha value is -1.10. The first kappa shape index (κ1) is 19.2. The number of hydrogen-bond acceptors (Lipinski definition) is 2. The van der Waals surface area contributed by atoms with Crippen molar-refractivity contribution >= 4 is 23.2 Å². The molecule has 0 spiro atoms. The normalized spacial score (nSPS) is 12.3. The summed E-state index contributed by atoms with van der Waals surface area (Å²) in [6.45, 7) is 2.86. The van der Waals surface area contributed by atoms with Crippen molar-refractivity contribution in [2.75, 3.05) is 6.54 Å². The smallest absolute Gasteiger partial charge is 0.149 e. The highest BCUT2D eigenvalue weighted by atomic mass is 35.5. The van der Waals surface area contributed by atoms with Crippen LogP contribution in [-0.2, 0) is 11.3 Å². The van der Waals surface area contributed by atoms with Crippen LogP contribution in [0.4, 0.5) is 0 Å². The zero-order valence-corrected chi connectivity index (χ0v) is 15.0. The van der Waals surface area contributed by atoms with Crippen molar-refractivity contribution in [2.45, 2.75) is 32.1 Å². The molecule has 2 N–H and O–H groups in total. The summed E-state index contributed by atoms with van der Waals surface area (Å²) < 4.78 is 6.01. The Balaban J connectivity index is 1.93. The van der Waals surface area contributed by atoms with Gasteiger partial charge in [-0.25, -0.2) is 5.32 Å². The fraction of sp³-hybridized carbons (Fsp3) is 0.316. The number of rotatable bonds is 10. The zero-order chi connectivity index (χ0) is 17.2. The predicted molar refractivity (Wildman–Crippen MR) is 99.8 cm³/mol. The van der Waals surface area contributed by atoms with Gasteiger partial charge in [-0.1, -0.05) is 66.0 Å². The molecule has 0 aliphatic heterocycles. The Kier molecular flexibility index (Phi) is 8.57. The Morgan fingerprint density at radius 3 is 2.54 bits per heavy atom. The van der Waals surface area contributed by atoms with Gasteiger partial charge in [-0.15, -0.1) is 0 Å². The molecule has 0 fully saturated rings. The van der Waals surface area contributed by atoms with Gasteiger partial charge < -0.3 is 10.5 Å². The molecule has 5 heteroatoms. The molecule has 128 valence electrons. The van der Waals surface area contributed by atoms with Crippen molar-refractivity contribution in [1.29, 1.82) is 0 Å². The molecular weight excluding hydrogens is 343 g/mol. The third-order valence-corrected chi connectivity index (χ3v) is 4.29. The molecular formula is C19H22Cl2N2O. The quantitative estimate of drug-likeness (QED) is 0.595. The van der Waals surface area contributed by atoms with E-state index in [1.165, 1.54) is 0 Å². The molecule has 0 saturated carbocycles. The number of hydrogen-bond donors (Lipinski definition) is 1. The van der Waals surface area contributed by atoms with E-state index in [1.54, 1.807) is 12.6 Å². The Morgan fingerprint density at radius 2 is 1.83 bits per heavy atom. The van der Waals surface area contributed by atoms with Crippen molar-refractivity contribution < 1.29 is 4.74 Å². The van der Waals surface area contributed by atoms with Gasteiger partial charge in [-0.3, -0.25) is 0 Å². The van der Waals surface area contributed by atoms with Crippen LogP contribution in [0.1, 0.15) is 36.6 Å². The number of halogens is 2. The maximum absolute atomic E-state index is 6.05. The van der Waals surface area contributed by atoms with E-state index in [2.05, 4.69) is 5.32 Å². The lowest BCUT2D eigenvalue weighted by Crippen LogP contribution is -2.18. The van der Waals surface area contributed by atoms with E-state index in [4.69, 9.17) is 33.7 Å². The van der Waals surface area contributed by atoms with E-state index in [0.717, 1.165) is 36.9 Å². The van der Waals surface area contributed by atoms with E-state index < -0.39 is 0 Å². The third kappa shape index (κ3) is 6.42. The van der Waals surface area contributed by atoms with Crippen LogP contribution in [0.25, 0.3) is 0 Å². The number of unbranched alkanes of at least 4 members (excludes halogenated alkanes) is 2. The minimum Gasteiger partial charge on any atom is -0.353 e. The van der Waals surface area contributed by atoms with Crippen LogP contribution >= 0.6 is 23.2 Å². The maximum atomic E-state index is 6.05. The van der Waals surface area contributed by atoms with Crippen LogP contribution < -0.4 is 11.1 Å². The summed E-state index contributed by atoms with van der Waals surface area (Å²) in [6.07, 6.45) is 2.65. The lowest BCUT2D eigenvalue weighted by Gasteiger charge is -2.18. The van der Waals surface area contributed by atoms with Crippen LogP contribution in [0.15, 0.2) is 48.5 Å². The van der Waals surface area contributed by atoms with Gasteiger partial charge in [0.15, 0.2) is 0 Å². The van der Waals surface area contributed by atoms with Crippen molar-refractivity contribution in [1.82, 2.24) is 5.32 Å². The Labute approximate surface area is 154 Å². The average Bonchev–Trinajstić information content (AvgIpc) is 2.61. The van der Waals surface area contributed by atoms with E-state index in [9.17, 15) is 0 Å². The van der Waals surface area contributed by atoms with E-state index in [-0.39, 0.29) is 6.23 Å². The topological polar surface area (TPSA) is 49.4 Å². The first-order valence-electron chi connectivity index (χ1n) is 8.01. The first-order valence-corrected chi connectivity index (χ1v) is 8.77. The molecule has 3 nitrogen and oxygen atoms in total. The Bertz CT molecular complexity index is 608. The fourth-order valence-corrected chi connectivity index (χ4v) is 2.58. The van der Waals surface area contributed by atoms with E-state index >= 15 is 0 Å². The lowest BCUT2D eigenvalue weighted by molar-refractivity contribution is 0.0133. The molecule has 0 amide bonds. The molecule has 2 aromatic rings. The van der Waals surface area contributed by atoms with Crippen molar-refractivity contribution in [2.24, 2.45) is 5.73 Å². The summed E-state index contributed by atoms with van der Waals surface area (Å²) >= 11 is 12.0. The van der Waals surface area contributed by atoms with Gasteiger partial charge >= 0.3 is 0 Å². The molecule has 0 aliphatic rings. The molecule has 1 unspecified atom stereocenters. The second kappa shape index (κ2) is 10.7. The highest BCUT2D eigenvalue weighted by Crippen LogP contribution is 2.24. The van der Waals surface area contributed by atoms with Gasteiger partial charge in [-0.2, -0.15) is 0 Å². The van der Waals surface area contributed by atoms with Crippen molar-refractivity contribution in [3.05, 3.63) is 76.2 Å². The van der Waals surface area contributed by atoms with E-state index in [1.807, 2.05) is 42.5 Å². The van der Waals surface area contributed by atoms with Gasteiger partial charge in [0.05, 0.1) is 16.7 Å². The molecule has 0 aromatic heterocycles.